The van der Waals surface area contributed by atoms with Crippen LogP contribution in [0.3, 0.4) is 0 Å². The van der Waals surface area contributed by atoms with Crippen molar-refractivity contribution in [1.82, 2.24) is 10.6 Å². The minimum absolute atomic E-state index is 0.0400. The molecule has 0 atom stereocenters. The number of ether oxygens (including phenoxy) is 1. The van der Waals surface area contributed by atoms with E-state index in [4.69, 9.17) is 4.74 Å². The third-order valence-corrected chi connectivity index (χ3v) is 3.11. The summed E-state index contributed by atoms with van der Waals surface area (Å²) in [5.41, 5.74) is 1.87. The molecule has 0 aromatic heterocycles. The van der Waals surface area contributed by atoms with Crippen LogP contribution in [0.2, 0.25) is 0 Å². The third kappa shape index (κ3) is 4.93. The van der Waals surface area contributed by atoms with Crippen LogP contribution in [0.5, 0.6) is 5.75 Å². The van der Waals surface area contributed by atoms with Crippen molar-refractivity contribution in [2.45, 2.75) is 6.54 Å². The molecule has 2 N–H and O–H groups in total. The van der Waals surface area contributed by atoms with Crippen LogP contribution in [0.1, 0.15) is 15.9 Å². The van der Waals surface area contributed by atoms with Crippen LogP contribution in [0.15, 0.2) is 54.6 Å². The summed E-state index contributed by atoms with van der Waals surface area (Å²) in [6.45, 7) is 2.10. The number of methoxy groups -OCH3 is 1. The smallest absolute Gasteiger partial charge is 0.251 e. The van der Waals surface area contributed by atoms with Gasteiger partial charge >= 0.3 is 0 Å². The molecule has 0 spiro atoms. The predicted molar refractivity (Wildman–Crippen MR) is 83.5 cm³/mol. The zero-order chi connectivity index (χ0) is 14.9. The minimum atomic E-state index is -0.0400. The third-order valence-electron chi connectivity index (χ3n) is 3.11. The molecule has 0 saturated carbocycles. The Hall–Kier alpha value is -2.33. The van der Waals surface area contributed by atoms with Crippen LogP contribution in [0.4, 0.5) is 0 Å². The van der Waals surface area contributed by atoms with Crippen molar-refractivity contribution < 1.29 is 9.53 Å². The first-order valence-corrected chi connectivity index (χ1v) is 6.96. The van der Waals surface area contributed by atoms with Crippen LogP contribution in [-0.2, 0) is 6.54 Å². The molecule has 2 aromatic rings. The lowest BCUT2D eigenvalue weighted by Gasteiger charge is -2.07. The fourth-order valence-corrected chi connectivity index (χ4v) is 1.93. The van der Waals surface area contributed by atoms with Gasteiger partial charge in [0.1, 0.15) is 5.75 Å². The van der Waals surface area contributed by atoms with Gasteiger partial charge in [-0.25, -0.2) is 0 Å². The van der Waals surface area contributed by atoms with Gasteiger partial charge in [0, 0.05) is 25.2 Å². The number of carbonyl (C=O) groups excluding carboxylic acids is 1. The van der Waals surface area contributed by atoms with Crippen molar-refractivity contribution in [3.8, 4) is 5.75 Å². The van der Waals surface area contributed by atoms with Gasteiger partial charge in [-0.15, -0.1) is 0 Å². The molecule has 4 nitrogen and oxygen atoms in total. The van der Waals surface area contributed by atoms with Crippen LogP contribution in [0, 0.1) is 0 Å². The fourth-order valence-electron chi connectivity index (χ4n) is 1.93. The summed E-state index contributed by atoms with van der Waals surface area (Å²) in [7, 11) is 1.66. The molecule has 0 radical (unpaired) electrons. The van der Waals surface area contributed by atoms with Crippen molar-refractivity contribution >= 4 is 5.91 Å². The zero-order valence-corrected chi connectivity index (χ0v) is 12.1. The minimum Gasteiger partial charge on any atom is -0.497 e. The van der Waals surface area contributed by atoms with Gasteiger partial charge in [0.15, 0.2) is 0 Å². The first-order chi connectivity index (χ1) is 10.3. The summed E-state index contributed by atoms with van der Waals surface area (Å²) < 4.78 is 5.11. The second-order valence-corrected chi connectivity index (χ2v) is 4.65. The Kier molecular flexibility index (Phi) is 5.79. The van der Waals surface area contributed by atoms with Gasteiger partial charge in [0.05, 0.1) is 7.11 Å². The molecule has 0 aliphatic heterocycles. The molecule has 1 amide bonds. The van der Waals surface area contributed by atoms with E-state index in [1.54, 1.807) is 19.2 Å². The lowest BCUT2D eigenvalue weighted by molar-refractivity contribution is 0.0954. The first-order valence-electron chi connectivity index (χ1n) is 6.96. The van der Waals surface area contributed by atoms with E-state index in [-0.39, 0.29) is 5.91 Å². The molecule has 0 aliphatic rings. The number of carbonyl (C=O) groups is 1. The Balaban J connectivity index is 1.64. The highest BCUT2D eigenvalue weighted by Crippen LogP contribution is 2.10. The van der Waals surface area contributed by atoms with E-state index in [1.165, 1.54) is 5.56 Å². The van der Waals surface area contributed by atoms with Gasteiger partial charge < -0.3 is 15.4 Å². The number of hydrogen-bond donors (Lipinski definition) is 2. The Morgan fingerprint density at radius 2 is 1.71 bits per heavy atom. The topological polar surface area (TPSA) is 50.4 Å². The largest absolute Gasteiger partial charge is 0.497 e. The molecule has 2 aromatic carbocycles. The van der Waals surface area contributed by atoms with Crippen LogP contribution < -0.4 is 15.4 Å². The molecular formula is C17H20N2O2. The van der Waals surface area contributed by atoms with E-state index in [1.807, 2.05) is 42.5 Å². The molecular weight excluding hydrogens is 264 g/mol. The van der Waals surface area contributed by atoms with Gasteiger partial charge in [-0.2, -0.15) is 0 Å². The summed E-state index contributed by atoms with van der Waals surface area (Å²) in [4.78, 5) is 11.8. The lowest BCUT2D eigenvalue weighted by atomic mass is 10.2. The molecule has 21 heavy (non-hydrogen) atoms. The second kappa shape index (κ2) is 8.07. The van der Waals surface area contributed by atoms with Gasteiger partial charge in [-0.1, -0.05) is 30.3 Å². The summed E-state index contributed by atoms with van der Waals surface area (Å²) >= 11 is 0. The molecule has 4 heteroatoms. The molecule has 0 heterocycles. The van der Waals surface area contributed by atoms with Crippen LogP contribution in [0.25, 0.3) is 0 Å². The van der Waals surface area contributed by atoms with Crippen LogP contribution in [-0.4, -0.2) is 26.1 Å². The molecule has 2 rings (SSSR count). The predicted octanol–water partition coefficient (Wildman–Crippen LogP) is 2.21. The SMILES string of the molecule is COc1ccc(CNCCNC(=O)c2ccccc2)cc1. The Bertz CT molecular complexity index is 553. The average molecular weight is 284 g/mol. The van der Waals surface area contributed by atoms with Gasteiger partial charge in [0.25, 0.3) is 5.91 Å². The molecule has 110 valence electrons. The van der Waals surface area contributed by atoms with Gasteiger partial charge in [-0.05, 0) is 29.8 Å². The number of amides is 1. The molecule has 0 fully saturated rings. The quantitative estimate of drug-likeness (QED) is 0.767. The summed E-state index contributed by atoms with van der Waals surface area (Å²) in [6, 6.07) is 17.1. The standard InChI is InChI=1S/C17H20N2O2/c1-21-16-9-7-14(8-10-16)13-18-11-12-19-17(20)15-5-3-2-4-6-15/h2-10,18H,11-13H2,1H3,(H,19,20). The van der Waals surface area contributed by atoms with Crippen molar-refractivity contribution in [2.24, 2.45) is 0 Å². The maximum absolute atomic E-state index is 11.8. The van der Waals surface area contributed by atoms with E-state index >= 15 is 0 Å². The fraction of sp³-hybridized carbons (Fsp3) is 0.235. The van der Waals surface area contributed by atoms with E-state index < -0.39 is 0 Å². The van der Waals surface area contributed by atoms with Crippen molar-refractivity contribution in [3.63, 3.8) is 0 Å². The zero-order valence-electron chi connectivity index (χ0n) is 12.1. The Morgan fingerprint density at radius 1 is 1.00 bits per heavy atom. The highest BCUT2D eigenvalue weighted by molar-refractivity contribution is 5.94. The summed E-state index contributed by atoms with van der Waals surface area (Å²) in [6.07, 6.45) is 0. The highest BCUT2D eigenvalue weighted by atomic mass is 16.5. The Labute approximate surface area is 125 Å². The van der Waals surface area contributed by atoms with Crippen molar-refractivity contribution in [3.05, 3.63) is 65.7 Å². The van der Waals surface area contributed by atoms with Gasteiger partial charge in [0.2, 0.25) is 0 Å². The summed E-state index contributed by atoms with van der Waals surface area (Å²) in [5.74, 6) is 0.815. The lowest BCUT2D eigenvalue weighted by Crippen LogP contribution is -2.31. The Morgan fingerprint density at radius 3 is 2.38 bits per heavy atom. The summed E-state index contributed by atoms with van der Waals surface area (Å²) in [5, 5.41) is 6.17. The average Bonchev–Trinajstić information content (AvgIpc) is 2.55. The maximum atomic E-state index is 11.8. The van der Waals surface area contributed by atoms with Crippen LogP contribution >= 0.6 is 0 Å². The number of hydrogen-bond acceptors (Lipinski definition) is 3. The monoisotopic (exact) mass is 284 g/mol. The first kappa shape index (κ1) is 15.1. The second-order valence-electron chi connectivity index (χ2n) is 4.65. The molecule has 0 saturated heterocycles. The molecule has 0 aliphatic carbocycles. The number of rotatable bonds is 7. The van der Waals surface area contributed by atoms with E-state index in [0.29, 0.717) is 12.1 Å². The van der Waals surface area contributed by atoms with Gasteiger partial charge in [-0.3, -0.25) is 4.79 Å². The normalized spacial score (nSPS) is 10.1. The van der Waals surface area contributed by atoms with Crippen molar-refractivity contribution in [2.75, 3.05) is 20.2 Å². The van der Waals surface area contributed by atoms with E-state index in [0.717, 1.165) is 18.8 Å². The number of benzene rings is 2. The van der Waals surface area contributed by atoms with Crippen molar-refractivity contribution in [1.29, 1.82) is 0 Å². The molecule has 0 unspecified atom stereocenters. The highest BCUT2D eigenvalue weighted by Gasteiger charge is 2.02. The molecule has 0 bridgehead atoms. The van der Waals surface area contributed by atoms with E-state index in [9.17, 15) is 4.79 Å². The maximum Gasteiger partial charge on any atom is 0.251 e. The number of nitrogens with one attached hydrogen (secondary N) is 2. The van der Waals surface area contributed by atoms with E-state index in [2.05, 4.69) is 10.6 Å².